The largest absolute Gasteiger partial charge is 0.478 e. The molecule has 0 aliphatic heterocycles. The second-order valence-corrected chi connectivity index (χ2v) is 3.10. The maximum absolute atomic E-state index is 10.6. The molecule has 0 atom stereocenters. The zero-order valence-corrected chi connectivity index (χ0v) is 8.40. The fraction of sp³-hybridized carbons (Fsp3) is 0.273. The van der Waals surface area contributed by atoms with E-state index in [-0.39, 0.29) is 18.1 Å². The van der Waals surface area contributed by atoms with E-state index in [1.54, 1.807) is 18.2 Å². The first-order valence-electron chi connectivity index (χ1n) is 4.55. The molecule has 0 unspecified atom stereocenters. The molecule has 0 bridgehead atoms. The predicted molar refractivity (Wildman–Crippen MR) is 53.7 cm³/mol. The average molecular weight is 208 g/mol. The van der Waals surface area contributed by atoms with Gasteiger partial charge in [-0.15, -0.1) is 0 Å². The van der Waals surface area contributed by atoms with E-state index in [9.17, 15) is 9.59 Å². The Kier molecular flexibility index (Phi) is 3.85. The summed E-state index contributed by atoms with van der Waals surface area (Å²) in [6.45, 7) is 1.62. The zero-order chi connectivity index (χ0) is 11.3. The topological polar surface area (TPSA) is 63.6 Å². The third-order valence-electron chi connectivity index (χ3n) is 1.87. The molecule has 0 saturated heterocycles. The molecular formula is C11H12O4. The summed E-state index contributed by atoms with van der Waals surface area (Å²) in [6.07, 6.45) is 0.528. The molecule has 1 rings (SSSR count). The number of rotatable bonds is 4. The molecule has 0 heterocycles. The summed E-state index contributed by atoms with van der Waals surface area (Å²) in [7, 11) is 0. The molecule has 0 amide bonds. The van der Waals surface area contributed by atoms with Gasteiger partial charge >= 0.3 is 11.9 Å². The lowest BCUT2D eigenvalue weighted by molar-refractivity contribution is -0.140. The predicted octanol–water partition coefficient (Wildman–Crippen LogP) is 1.49. The molecule has 0 fully saturated rings. The van der Waals surface area contributed by atoms with Gasteiger partial charge in [-0.1, -0.05) is 12.1 Å². The number of benzene rings is 1. The van der Waals surface area contributed by atoms with Gasteiger partial charge < -0.3 is 9.84 Å². The lowest BCUT2D eigenvalue weighted by Crippen LogP contribution is -2.04. The second-order valence-electron chi connectivity index (χ2n) is 3.10. The van der Waals surface area contributed by atoms with Crippen molar-refractivity contribution in [2.75, 3.05) is 6.61 Å². The molecule has 0 saturated carbocycles. The fourth-order valence-corrected chi connectivity index (χ4v) is 1.17. The highest BCUT2D eigenvalue weighted by Gasteiger charge is 2.03. The molecule has 15 heavy (non-hydrogen) atoms. The van der Waals surface area contributed by atoms with Gasteiger partial charge in [-0.05, 0) is 17.7 Å². The van der Waals surface area contributed by atoms with Gasteiger partial charge in [0, 0.05) is 13.3 Å². The third-order valence-corrected chi connectivity index (χ3v) is 1.87. The van der Waals surface area contributed by atoms with E-state index in [1.165, 1.54) is 13.0 Å². The van der Waals surface area contributed by atoms with Crippen molar-refractivity contribution in [1.29, 1.82) is 0 Å². The van der Waals surface area contributed by atoms with Crippen molar-refractivity contribution < 1.29 is 19.4 Å². The van der Waals surface area contributed by atoms with Crippen molar-refractivity contribution in [3.05, 3.63) is 35.4 Å². The van der Waals surface area contributed by atoms with Crippen LogP contribution in [-0.2, 0) is 16.0 Å². The molecular weight excluding hydrogens is 196 g/mol. The molecule has 1 aromatic carbocycles. The first kappa shape index (κ1) is 11.2. The van der Waals surface area contributed by atoms with Gasteiger partial charge in [0.2, 0.25) is 0 Å². The molecule has 0 spiro atoms. The maximum Gasteiger partial charge on any atom is 0.335 e. The highest BCUT2D eigenvalue weighted by atomic mass is 16.5. The molecule has 4 heteroatoms. The number of carboxylic acids is 1. The van der Waals surface area contributed by atoms with Crippen LogP contribution in [0.5, 0.6) is 0 Å². The molecule has 1 aromatic rings. The van der Waals surface area contributed by atoms with Crippen LogP contribution in [0.1, 0.15) is 22.8 Å². The van der Waals surface area contributed by atoms with Crippen LogP contribution in [0.3, 0.4) is 0 Å². The van der Waals surface area contributed by atoms with E-state index >= 15 is 0 Å². The molecule has 0 radical (unpaired) electrons. The van der Waals surface area contributed by atoms with Crippen molar-refractivity contribution in [3.8, 4) is 0 Å². The van der Waals surface area contributed by atoms with Crippen LogP contribution in [0, 0.1) is 0 Å². The number of carbonyl (C=O) groups excluding carboxylic acids is 1. The second kappa shape index (κ2) is 5.14. The minimum atomic E-state index is -0.954. The first-order valence-corrected chi connectivity index (χ1v) is 4.55. The van der Waals surface area contributed by atoms with Gasteiger partial charge in [0.1, 0.15) is 0 Å². The Balaban J connectivity index is 2.58. The van der Waals surface area contributed by atoms with Gasteiger partial charge in [-0.3, -0.25) is 4.79 Å². The summed E-state index contributed by atoms with van der Waals surface area (Å²) < 4.78 is 4.76. The maximum atomic E-state index is 10.6. The summed E-state index contributed by atoms with van der Waals surface area (Å²) in [5.41, 5.74) is 1.09. The number of ether oxygens (including phenoxy) is 1. The minimum Gasteiger partial charge on any atom is -0.478 e. The smallest absolute Gasteiger partial charge is 0.335 e. The standard InChI is InChI=1S/C11H12O4/c1-8(12)15-6-5-9-3-2-4-10(7-9)11(13)14/h2-4,7H,5-6H2,1H3,(H,13,14). The van der Waals surface area contributed by atoms with Crippen molar-refractivity contribution in [2.24, 2.45) is 0 Å². The Labute approximate surface area is 87.5 Å². The number of carboxylic acid groups (broad SMARTS) is 1. The van der Waals surface area contributed by atoms with Crippen LogP contribution in [0.4, 0.5) is 0 Å². The normalized spacial score (nSPS) is 9.67. The number of aromatic carboxylic acids is 1. The Morgan fingerprint density at radius 3 is 2.73 bits per heavy atom. The Morgan fingerprint density at radius 2 is 2.13 bits per heavy atom. The van der Waals surface area contributed by atoms with Crippen molar-refractivity contribution in [1.82, 2.24) is 0 Å². The van der Waals surface area contributed by atoms with Crippen LogP contribution in [0.2, 0.25) is 0 Å². The van der Waals surface area contributed by atoms with Crippen LogP contribution in [0.15, 0.2) is 24.3 Å². The number of esters is 1. The Bertz CT molecular complexity index is 371. The first-order chi connectivity index (χ1) is 7.09. The number of hydrogen-bond donors (Lipinski definition) is 1. The van der Waals surface area contributed by atoms with Gasteiger partial charge in [0.05, 0.1) is 12.2 Å². The summed E-state index contributed by atoms with van der Waals surface area (Å²) in [5.74, 6) is -1.28. The lowest BCUT2D eigenvalue weighted by Gasteiger charge is -2.03. The molecule has 0 aromatic heterocycles. The van der Waals surface area contributed by atoms with E-state index in [0.717, 1.165) is 5.56 Å². The average Bonchev–Trinajstić information content (AvgIpc) is 2.17. The van der Waals surface area contributed by atoms with Gasteiger partial charge in [-0.2, -0.15) is 0 Å². The zero-order valence-electron chi connectivity index (χ0n) is 8.40. The molecule has 0 aliphatic carbocycles. The number of hydrogen-bond acceptors (Lipinski definition) is 3. The third kappa shape index (κ3) is 3.81. The minimum absolute atomic E-state index is 0.246. The van der Waals surface area contributed by atoms with Crippen molar-refractivity contribution in [3.63, 3.8) is 0 Å². The quantitative estimate of drug-likeness (QED) is 0.761. The fourth-order valence-electron chi connectivity index (χ4n) is 1.17. The van der Waals surface area contributed by atoms with Crippen LogP contribution < -0.4 is 0 Å². The summed E-state index contributed by atoms with van der Waals surface area (Å²) in [5, 5.41) is 8.74. The lowest BCUT2D eigenvalue weighted by atomic mass is 10.1. The van der Waals surface area contributed by atoms with Crippen LogP contribution >= 0.6 is 0 Å². The van der Waals surface area contributed by atoms with Crippen molar-refractivity contribution in [2.45, 2.75) is 13.3 Å². The van der Waals surface area contributed by atoms with E-state index in [2.05, 4.69) is 0 Å². The number of carbonyl (C=O) groups is 2. The summed E-state index contributed by atoms with van der Waals surface area (Å²) >= 11 is 0. The molecule has 80 valence electrons. The molecule has 0 aliphatic rings. The van der Waals surface area contributed by atoms with Crippen LogP contribution in [-0.4, -0.2) is 23.7 Å². The van der Waals surface area contributed by atoms with E-state index in [1.807, 2.05) is 0 Å². The summed E-state index contributed by atoms with van der Waals surface area (Å²) in [4.78, 5) is 21.1. The molecule has 1 N–H and O–H groups in total. The molecule has 4 nitrogen and oxygen atoms in total. The van der Waals surface area contributed by atoms with Gasteiger partial charge in [0.25, 0.3) is 0 Å². The Hall–Kier alpha value is -1.84. The van der Waals surface area contributed by atoms with E-state index in [0.29, 0.717) is 6.42 Å². The van der Waals surface area contributed by atoms with Crippen molar-refractivity contribution >= 4 is 11.9 Å². The van der Waals surface area contributed by atoms with Gasteiger partial charge in [-0.25, -0.2) is 4.79 Å². The SMILES string of the molecule is CC(=O)OCCc1cccc(C(=O)O)c1. The summed E-state index contributed by atoms with van der Waals surface area (Å²) in [6, 6.07) is 6.58. The van der Waals surface area contributed by atoms with E-state index in [4.69, 9.17) is 9.84 Å². The van der Waals surface area contributed by atoms with Gasteiger partial charge in [0.15, 0.2) is 0 Å². The highest BCUT2D eigenvalue weighted by molar-refractivity contribution is 5.87. The Morgan fingerprint density at radius 1 is 1.40 bits per heavy atom. The highest BCUT2D eigenvalue weighted by Crippen LogP contribution is 2.06. The van der Waals surface area contributed by atoms with Crippen LogP contribution in [0.25, 0.3) is 0 Å². The van der Waals surface area contributed by atoms with E-state index < -0.39 is 5.97 Å². The monoisotopic (exact) mass is 208 g/mol.